The molecule has 2 aromatic rings. The summed E-state index contributed by atoms with van der Waals surface area (Å²) < 4.78 is 13.8. The summed E-state index contributed by atoms with van der Waals surface area (Å²) in [6.07, 6.45) is 0.602. The monoisotopic (exact) mass is 421 g/mol. The van der Waals surface area contributed by atoms with Crippen molar-refractivity contribution < 1.29 is 14.0 Å². The molecule has 26 heavy (non-hydrogen) atoms. The van der Waals surface area contributed by atoms with E-state index < -0.39 is 0 Å². The lowest BCUT2D eigenvalue weighted by Crippen LogP contribution is -2.38. The summed E-state index contributed by atoms with van der Waals surface area (Å²) in [5.41, 5.74) is 1.45. The van der Waals surface area contributed by atoms with Crippen molar-refractivity contribution in [1.29, 1.82) is 0 Å². The van der Waals surface area contributed by atoms with Crippen LogP contribution in [0.25, 0.3) is 0 Å². The van der Waals surface area contributed by atoms with Crippen LogP contribution >= 0.6 is 15.9 Å². The van der Waals surface area contributed by atoms with E-state index in [0.717, 1.165) is 10.0 Å². The van der Waals surface area contributed by atoms with Crippen molar-refractivity contribution in [2.24, 2.45) is 0 Å². The van der Waals surface area contributed by atoms with Gasteiger partial charge >= 0.3 is 6.03 Å². The number of benzene rings is 2. The van der Waals surface area contributed by atoms with Crippen LogP contribution in [0.5, 0.6) is 0 Å². The Morgan fingerprint density at radius 3 is 2.27 bits per heavy atom. The molecule has 0 saturated carbocycles. The summed E-state index contributed by atoms with van der Waals surface area (Å²) >= 11 is 3.38. The molecule has 0 atom stereocenters. The first-order chi connectivity index (χ1) is 12.5. The average molecular weight is 422 g/mol. The number of nitrogens with one attached hydrogen (secondary N) is 2. The van der Waals surface area contributed by atoms with Crippen molar-refractivity contribution >= 4 is 27.9 Å². The fourth-order valence-electron chi connectivity index (χ4n) is 2.26. The predicted octanol–water partition coefficient (Wildman–Crippen LogP) is 3.55. The highest BCUT2D eigenvalue weighted by atomic mass is 79.9. The van der Waals surface area contributed by atoms with E-state index in [1.54, 1.807) is 11.9 Å². The normalized spacial score (nSPS) is 10.3. The van der Waals surface area contributed by atoms with E-state index in [-0.39, 0.29) is 17.8 Å². The molecule has 0 fully saturated rings. The van der Waals surface area contributed by atoms with Crippen LogP contribution in [-0.4, -0.2) is 37.0 Å². The SMILES string of the molecule is CN(Cc1ccc(Br)cc1)C(=O)NCCCNC(=O)c1ccc(F)cc1. The van der Waals surface area contributed by atoms with E-state index in [1.807, 2.05) is 24.3 Å². The van der Waals surface area contributed by atoms with Crippen LogP contribution in [0.15, 0.2) is 53.0 Å². The highest BCUT2D eigenvalue weighted by Gasteiger charge is 2.09. The maximum atomic E-state index is 12.8. The zero-order valence-electron chi connectivity index (χ0n) is 14.5. The summed E-state index contributed by atoms with van der Waals surface area (Å²) in [7, 11) is 1.73. The Bertz CT molecular complexity index is 735. The Balaban J connectivity index is 1.64. The Kier molecular flexibility index (Phi) is 7.59. The third-order valence-electron chi connectivity index (χ3n) is 3.70. The van der Waals surface area contributed by atoms with Crippen LogP contribution in [-0.2, 0) is 6.54 Å². The van der Waals surface area contributed by atoms with Crippen molar-refractivity contribution in [2.75, 3.05) is 20.1 Å². The fourth-order valence-corrected chi connectivity index (χ4v) is 2.52. The Labute approximate surface area is 160 Å². The second-order valence-electron chi connectivity index (χ2n) is 5.83. The van der Waals surface area contributed by atoms with Gasteiger partial charge < -0.3 is 15.5 Å². The van der Waals surface area contributed by atoms with Crippen LogP contribution < -0.4 is 10.6 Å². The lowest BCUT2D eigenvalue weighted by molar-refractivity contribution is 0.0953. The van der Waals surface area contributed by atoms with Gasteiger partial charge in [0.05, 0.1) is 0 Å². The topological polar surface area (TPSA) is 61.4 Å². The van der Waals surface area contributed by atoms with E-state index >= 15 is 0 Å². The maximum Gasteiger partial charge on any atom is 0.317 e. The molecule has 7 heteroatoms. The van der Waals surface area contributed by atoms with Crippen LogP contribution in [0.2, 0.25) is 0 Å². The molecular formula is C19H21BrFN3O2. The molecule has 0 spiro atoms. The zero-order chi connectivity index (χ0) is 18.9. The Morgan fingerprint density at radius 1 is 1.00 bits per heavy atom. The second-order valence-corrected chi connectivity index (χ2v) is 6.75. The summed E-state index contributed by atoms with van der Waals surface area (Å²) in [5, 5.41) is 5.55. The highest BCUT2D eigenvalue weighted by molar-refractivity contribution is 9.10. The van der Waals surface area contributed by atoms with Crippen molar-refractivity contribution in [2.45, 2.75) is 13.0 Å². The van der Waals surface area contributed by atoms with Gasteiger partial charge in [-0.15, -0.1) is 0 Å². The molecular weight excluding hydrogens is 401 g/mol. The summed E-state index contributed by atoms with van der Waals surface area (Å²) in [6.45, 7) is 1.39. The standard InChI is InChI=1S/C19H21BrFN3O2/c1-24(13-14-3-7-16(20)8-4-14)19(26)23-12-2-11-22-18(25)15-5-9-17(21)10-6-15/h3-10H,2,11-13H2,1H3,(H,22,25)(H,23,26). The fraction of sp³-hybridized carbons (Fsp3) is 0.263. The molecule has 0 heterocycles. The van der Waals surface area contributed by atoms with Gasteiger partial charge in [0.1, 0.15) is 5.82 Å². The number of urea groups is 1. The van der Waals surface area contributed by atoms with Crippen LogP contribution in [0.1, 0.15) is 22.3 Å². The van der Waals surface area contributed by atoms with Gasteiger partial charge in [-0.2, -0.15) is 0 Å². The molecule has 2 N–H and O–H groups in total. The number of hydrogen-bond donors (Lipinski definition) is 2. The quantitative estimate of drug-likeness (QED) is 0.671. The zero-order valence-corrected chi connectivity index (χ0v) is 16.1. The molecule has 0 unspecified atom stereocenters. The number of carbonyl (C=O) groups excluding carboxylic acids is 2. The molecule has 0 aliphatic rings. The Hall–Kier alpha value is -2.41. The molecule has 0 aliphatic carbocycles. The van der Waals surface area contributed by atoms with Gasteiger partial charge in [-0.3, -0.25) is 4.79 Å². The molecule has 2 rings (SSSR count). The second kappa shape index (κ2) is 9.91. The van der Waals surface area contributed by atoms with Crippen LogP contribution in [0.3, 0.4) is 0 Å². The number of amides is 3. The van der Waals surface area contributed by atoms with Gasteiger partial charge in [-0.1, -0.05) is 28.1 Å². The van der Waals surface area contributed by atoms with E-state index in [1.165, 1.54) is 24.3 Å². The molecule has 138 valence electrons. The highest BCUT2D eigenvalue weighted by Crippen LogP contribution is 2.11. The third-order valence-corrected chi connectivity index (χ3v) is 4.23. The average Bonchev–Trinajstić information content (AvgIpc) is 2.63. The molecule has 0 aliphatic heterocycles. The van der Waals surface area contributed by atoms with E-state index in [2.05, 4.69) is 26.6 Å². The van der Waals surface area contributed by atoms with Crippen molar-refractivity contribution in [3.8, 4) is 0 Å². The lowest BCUT2D eigenvalue weighted by Gasteiger charge is -2.18. The van der Waals surface area contributed by atoms with Gasteiger partial charge in [0.2, 0.25) is 0 Å². The van der Waals surface area contributed by atoms with Gasteiger partial charge in [-0.25, -0.2) is 9.18 Å². The minimum absolute atomic E-state index is 0.169. The first-order valence-corrected chi connectivity index (χ1v) is 9.02. The van der Waals surface area contributed by atoms with Gasteiger partial charge in [0.25, 0.3) is 5.91 Å². The van der Waals surface area contributed by atoms with Gasteiger partial charge in [0.15, 0.2) is 0 Å². The lowest BCUT2D eigenvalue weighted by atomic mass is 10.2. The molecule has 2 aromatic carbocycles. The minimum Gasteiger partial charge on any atom is -0.352 e. The number of rotatable bonds is 7. The first-order valence-electron chi connectivity index (χ1n) is 8.23. The molecule has 3 amide bonds. The van der Waals surface area contributed by atoms with Crippen molar-refractivity contribution in [3.05, 3.63) is 69.9 Å². The number of nitrogens with zero attached hydrogens (tertiary/aromatic N) is 1. The third kappa shape index (κ3) is 6.48. The van der Waals surface area contributed by atoms with Crippen molar-refractivity contribution in [1.82, 2.24) is 15.5 Å². The minimum atomic E-state index is -0.378. The molecule has 5 nitrogen and oxygen atoms in total. The van der Waals surface area contributed by atoms with Crippen molar-refractivity contribution in [3.63, 3.8) is 0 Å². The van der Waals surface area contributed by atoms with Gasteiger partial charge in [0, 0.05) is 36.7 Å². The maximum absolute atomic E-state index is 12.8. The first kappa shape index (κ1) is 19.9. The molecule has 0 radical (unpaired) electrons. The molecule has 0 saturated heterocycles. The number of carbonyl (C=O) groups is 2. The summed E-state index contributed by atoms with van der Waals surface area (Å²) in [4.78, 5) is 25.5. The summed E-state index contributed by atoms with van der Waals surface area (Å²) in [5.74, 6) is -0.639. The van der Waals surface area contributed by atoms with Gasteiger partial charge in [-0.05, 0) is 48.4 Å². The number of halogens is 2. The van der Waals surface area contributed by atoms with E-state index in [0.29, 0.717) is 31.6 Å². The largest absolute Gasteiger partial charge is 0.352 e. The number of hydrogen-bond acceptors (Lipinski definition) is 2. The Morgan fingerprint density at radius 2 is 1.62 bits per heavy atom. The van der Waals surface area contributed by atoms with Crippen LogP contribution in [0, 0.1) is 5.82 Å². The molecule has 0 aromatic heterocycles. The smallest absolute Gasteiger partial charge is 0.317 e. The predicted molar refractivity (Wildman–Crippen MR) is 102 cm³/mol. The van der Waals surface area contributed by atoms with E-state index in [4.69, 9.17) is 0 Å². The summed E-state index contributed by atoms with van der Waals surface area (Å²) in [6, 6.07) is 13.0. The van der Waals surface area contributed by atoms with Crippen LogP contribution in [0.4, 0.5) is 9.18 Å². The molecule has 0 bridgehead atoms. The van der Waals surface area contributed by atoms with E-state index in [9.17, 15) is 14.0 Å².